The fourth-order valence-electron chi connectivity index (χ4n) is 1.84. The Labute approximate surface area is 116 Å². The number of benzene rings is 1. The zero-order valence-corrected chi connectivity index (χ0v) is 12.6. The minimum absolute atomic E-state index is 0.136. The van der Waals surface area contributed by atoms with Gasteiger partial charge < -0.3 is 10.4 Å². The molecule has 0 aliphatic heterocycles. The first-order valence-corrected chi connectivity index (χ1v) is 6.75. The molecule has 3 nitrogen and oxygen atoms in total. The van der Waals surface area contributed by atoms with E-state index in [0.717, 1.165) is 0 Å². The maximum absolute atomic E-state index is 10.8. The highest BCUT2D eigenvalue weighted by molar-refractivity contribution is 5.69. The van der Waals surface area contributed by atoms with Gasteiger partial charge in [-0.15, -0.1) is 0 Å². The van der Waals surface area contributed by atoms with Gasteiger partial charge in [-0.3, -0.25) is 4.79 Å². The highest BCUT2D eigenvalue weighted by Crippen LogP contribution is 2.24. The van der Waals surface area contributed by atoms with Gasteiger partial charge in [0.25, 0.3) is 0 Å². The van der Waals surface area contributed by atoms with Crippen LogP contribution < -0.4 is 5.32 Å². The number of hydrogen-bond acceptors (Lipinski definition) is 2. The molecule has 0 bridgehead atoms. The molecule has 0 amide bonds. The second-order valence-electron chi connectivity index (χ2n) is 6.26. The van der Waals surface area contributed by atoms with Crippen molar-refractivity contribution < 1.29 is 9.90 Å². The van der Waals surface area contributed by atoms with Gasteiger partial charge in [0.15, 0.2) is 0 Å². The summed E-state index contributed by atoms with van der Waals surface area (Å²) in [6.45, 7) is 11.6. The van der Waals surface area contributed by atoms with Gasteiger partial charge in [0.1, 0.15) is 0 Å². The molecule has 2 N–H and O–H groups in total. The standard InChI is InChI=1S/C16H25NO2/c1-11-6-7-14(16(3,4)5)8-13(11)10-17-9-12(2)15(18)19/h6-8,12,17H,9-10H2,1-5H3,(H,18,19). The van der Waals surface area contributed by atoms with Gasteiger partial charge in [-0.1, -0.05) is 45.9 Å². The van der Waals surface area contributed by atoms with E-state index in [1.807, 2.05) is 0 Å². The van der Waals surface area contributed by atoms with Gasteiger partial charge in [0, 0.05) is 13.1 Å². The van der Waals surface area contributed by atoms with Crippen LogP contribution in [0.15, 0.2) is 18.2 Å². The van der Waals surface area contributed by atoms with E-state index in [-0.39, 0.29) is 11.3 Å². The van der Waals surface area contributed by atoms with Crippen molar-refractivity contribution in [2.45, 2.75) is 46.6 Å². The molecule has 0 heterocycles. The predicted molar refractivity (Wildman–Crippen MR) is 78.4 cm³/mol. The van der Waals surface area contributed by atoms with Gasteiger partial charge in [0.05, 0.1) is 5.92 Å². The van der Waals surface area contributed by atoms with E-state index in [1.165, 1.54) is 16.7 Å². The van der Waals surface area contributed by atoms with Crippen molar-refractivity contribution in [3.63, 3.8) is 0 Å². The molecule has 1 aromatic rings. The molecular weight excluding hydrogens is 238 g/mol. The maximum Gasteiger partial charge on any atom is 0.307 e. The Morgan fingerprint density at radius 3 is 2.53 bits per heavy atom. The van der Waals surface area contributed by atoms with E-state index in [4.69, 9.17) is 5.11 Å². The third kappa shape index (κ3) is 4.67. The van der Waals surface area contributed by atoms with Crippen LogP contribution in [0.4, 0.5) is 0 Å². The van der Waals surface area contributed by atoms with E-state index >= 15 is 0 Å². The fourth-order valence-corrected chi connectivity index (χ4v) is 1.84. The Morgan fingerprint density at radius 1 is 1.37 bits per heavy atom. The number of carboxylic acids is 1. The first-order chi connectivity index (χ1) is 8.71. The van der Waals surface area contributed by atoms with Gasteiger partial charge in [-0.2, -0.15) is 0 Å². The molecule has 1 aromatic carbocycles. The summed E-state index contributed by atoms with van der Waals surface area (Å²) in [5.74, 6) is -1.11. The molecule has 0 saturated carbocycles. The number of carboxylic acid groups (broad SMARTS) is 1. The van der Waals surface area contributed by atoms with E-state index in [0.29, 0.717) is 13.1 Å². The average Bonchev–Trinajstić information content (AvgIpc) is 2.29. The molecule has 19 heavy (non-hydrogen) atoms. The Bertz CT molecular complexity index is 447. The van der Waals surface area contributed by atoms with Crippen molar-refractivity contribution in [1.82, 2.24) is 5.32 Å². The second kappa shape index (κ2) is 6.20. The molecule has 0 radical (unpaired) electrons. The average molecular weight is 263 g/mol. The van der Waals surface area contributed by atoms with Crippen LogP contribution in [0.1, 0.15) is 44.4 Å². The molecule has 1 unspecified atom stereocenters. The Kier molecular flexibility index (Phi) is 5.12. The minimum Gasteiger partial charge on any atom is -0.481 e. The fraction of sp³-hybridized carbons (Fsp3) is 0.562. The van der Waals surface area contributed by atoms with Gasteiger partial charge >= 0.3 is 5.97 Å². The smallest absolute Gasteiger partial charge is 0.307 e. The van der Waals surface area contributed by atoms with Crippen LogP contribution >= 0.6 is 0 Å². The van der Waals surface area contributed by atoms with Gasteiger partial charge in [-0.05, 0) is 29.0 Å². The molecule has 0 fully saturated rings. The van der Waals surface area contributed by atoms with Gasteiger partial charge in [-0.25, -0.2) is 0 Å². The first-order valence-electron chi connectivity index (χ1n) is 6.75. The largest absolute Gasteiger partial charge is 0.481 e. The molecule has 3 heteroatoms. The molecule has 1 atom stereocenters. The van der Waals surface area contributed by atoms with Crippen LogP contribution in [0.5, 0.6) is 0 Å². The number of hydrogen-bond donors (Lipinski definition) is 2. The molecule has 1 rings (SSSR count). The summed E-state index contributed by atoms with van der Waals surface area (Å²) in [5, 5.41) is 12.1. The van der Waals surface area contributed by atoms with E-state index in [9.17, 15) is 4.79 Å². The summed E-state index contributed by atoms with van der Waals surface area (Å²) in [6, 6.07) is 6.52. The molecular formula is C16H25NO2. The van der Waals surface area contributed by atoms with Crippen molar-refractivity contribution in [3.8, 4) is 0 Å². The SMILES string of the molecule is Cc1ccc(C(C)(C)C)cc1CNCC(C)C(=O)O. The van der Waals surface area contributed by atoms with Crippen molar-refractivity contribution >= 4 is 5.97 Å². The normalized spacial score (nSPS) is 13.3. The van der Waals surface area contributed by atoms with Crippen molar-refractivity contribution in [3.05, 3.63) is 34.9 Å². The quantitative estimate of drug-likeness (QED) is 0.858. The van der Waals surface area contributed by atoms with E-state index in [2.05, 4.69) is 51.2 Å². The monoisotopic (exact) mass is 263 g/mol. The lowest BCUT2D eigenvalue weighted by Crippen LogP contribution is -2.26. The van der Waals surface area contributed by atoms with Crippen molar-refractivity contribution in [2.75, 3.05) is 6.54 Å². The third-order valence-electron chi connectivity index (χ3n) is 3.40. The van der Waals surface area contributed by atoms with Crippen LogP contribution in [0.3, 0.4) is 0 Å². The Balaban J connectivity index is 2.70. The summed E-state index contributed by atoms with van der Waals surface area (Å²) in [4.78, 5) is 10.8. The summed E-state index contributed by atoms with van der Waals surface area (Å²) in [5.41, 5.74) is 3.92. The number of aliphatic carboxylic acids is 1. The molecule has 0 saturated heterocycles. The second-order valence-corrected chi connectivity index (χ2v) is 6.26. The summed E-state index contributed by atoms with van der Waals surface area (Å²) < 4.78 is 0. The van der Waals surface area contributed by atoms with E-state index in [1.54, 1.807) is 6.92 Å². The van der Waals surface area contributed by atoms with E-state index < -0.39 is 5.97 Å². The number of aryl methyl sites for hydroxylation is 1. The number of rotatable bonds is 5. The zero-order valence-electron chi connectivity index (χ0n) is 12.6. The maximum atomic E-state index is 10.8. The molecule has 0 spiro atoms. The van der Waals surface area contributed by atoms with Crippen LogP contribution in [-0.2, 0) is 16.8 Å². The molecule has 0 aliphatic carbocycles. The summed E-state index contributed by atoms with van der Waals surface area (Å²) in [7, 11) is 0. The highest BCUT2D eigenvalue weighted by atomic mass is 16.4. The summed E-state index contributed by atoms with van der Waals surface area (Å²) >= 11 is 0. The zero-order chi connectivity index (χ0) is 14.6. The Hall–Kier alpha value is -1.35. The summed E-state index contributed by atoms with van der Waals surface area (Å²) in [6.07, 6.45) is 0. The topological polar surface area (TPSA) is 49.3 Å². The van der Waals surface area contributed by atoms with Crippen molar-refractivity contribution in [2.24, 2.45) is 5.92 Å². The van der Waals surface area contributed by atoms with Crippen molar-refractivity contribution in [1.29, 1.82) is 0 Å². The van der Waals surface area contributed by atoms with Crippen LogP contribution in [0, 0.1) is 12.8 Å². The lowest BCUT2D eigenvalue weighted by molar-refractivity contribution is -0.140. The number of carbonyl (C=O) groups is 1. The van der Waals surface area contributed by atoms with Crippen LogP contribution in [0.2, 0.25) is 0 Å². The number of nitrogens with one attached hydrogen (secondary N) is 1. The predicted octanol–water partition coefficient (Wildman–Crippen LogP) is 3.10. The lowest BCUT2D eigenvalue weighted by atomic mass is 9.85. The Morgan fingerprint density at radius 2 is 2.00 bits per heavy atom. The molecule has 0 aromatic heterocycles. The highest BCUT2D eigenvalue weighted by Gasteiger charge is 2.15. The lowest BCUT2D eigenvalue weighted by Gasteiger charge is -2.21. The van der Waals surface area contributed by atoms with Crippen LogP contribution in [0.25, 0.3) is 0 Å². The first kappa shape index (κ1) is 15.7. The van der Waals surface area contributed by atoms with Crippen LogP contribution in [-0.4, -0.2) is 17.6 Å². The minimum atomic E-state index is -0.757. The van der Waals surface area contributed by atoms with Gasteiger partial charge in [0.2, 0.25) is 0 Å². The third-order valence-corrected chi connectivity index (χ3v) is 3.40. The molecule has 0 aliphatic rings. The molecule has 106 valence electrons.